The van der Waals surface area contributed by atoms with Crippen LogP contribution in [0, 0.1) is 0 Å². The number of hydrogen-bond donors (Lipinski definition) is 3. The Bertz CT molecular complexity index is 547. The number of unbranched alkanes of at least 4 members (excludes halogenated alkanes) is 3. The molecular formula is C18H28N3O2S+. The summed E-state index contributed by atoms with van der Waals surface area (Å²) in [6.45, 7) is 7.15. The molecule has 0 unspecified atom stereocenters. The molecule has 0 aromatic heterocycles. The SMILES string of the molecule is C=CCNC(=S)N[NH+]=Cc1ccc(OCCCCCC)c(OC)c1. The molecule has 1 aromatic rings. The van der Waals surface area contributed by atoms with Crippen molar-refractivity contribution in [1.82, 2.24) is 10.7 Å². The van der Waals surface area contributed by atoms with Crippen LogP contribution in [0.5, 0.6) is 11.5 Å². The van der Waals surface area contributed by atoms with Gasteiger partial charge in [0.1, 0.15) is 0 Å². The van der Waals surface area contributed by atoms with Crippen molar-refractivity contribution in [2.45, 2.75) is 32.6 Å². The smallest absolute Gasteiger partial charge is 0.224 e. The number of nitrogens with one attached hydrogen (secondary N) is 3. The number of benzene rings is 1. The Balaban J connectivity index is 2.52. The first kappa shape index (κ1) is 20.0. The summed E-state index contributed by atoms with van der Waals surface area (Å²) in [5.74, 6) is 1.48. The van der Waals surface area contributed by atoms with Crippen LogP contribution in [0.4, 0.5) is 0 Å². The zero-order valence-corrected chi connectivity index (χ0v) is 15.4. The average molecular weight is 351 g/mol. The van der Waals surface area contributed by atoms with E-state index in [0.29, 0.717) is 24.0 Å². The Morgan fingerprint density at radius 3 is 2.83 bits per heavy atom. The van der Waals surface area contributed by atoms with Crippen LogP contribution < -0.4 is 25.3 Å². The lowest BCUT2D eigenvalue weighted by Crippen LogP contribution is -2.82. The maximum atomic E-state index is 5.80. The minimum atomic E-state index is 0.505. The van der Waals surface area contributed by atoms with Gasteiger partial charge in [-0.1, -0.05) is 32.3 Å². The molecule has 0 aliphatic heterocycles. The number of ether oxygens (including phenoxy) is 2. The van der Waals surface area contributed by atoms with E-state index < -0.39 is 0 Å². The van der Waals surface area contributed by atoms with Crippen LogP contribution in [0.3, 0.4) is 0 Å². The van der Waals surface area contributed by atoms with E-state index in [0.717, 1.165) is 17.7 Å². The van der Waals surface area contributed by atoms with Crippen molar-refractivity contribution in [3.05, 3.63) is 36.4 Å². The molecule has 0 radical (unpaired) electrons. The molecule has 0 aliphatic rings. The molecule has 0 saturated carbocycles. The molecule has 0 bridgehead atoms. The second-order valence-electron chi connectivity index (χ2n) is 5.23. The second kappa shape index (κ2) is 12.4. The first-order chi connectivity index (χ1) is 11.7. The average Bonchev–Trinajstić information content (AvgIpc) is 2.60. The topological polar surface area (TPSA) is 56.5 Å². The van der Waals surface area contributed by atoms with Crippen molar-refractivity contribution >= 4 is 23.5 Å². The van der Waals surface area contributed by atoms with Crippen molar-refractivity contribution in [2.75, 3.05) is 20.3 Å². The highest BCUT2D eigenvalue weighted by molar-refractivity contribution is 7.80. The molecule has 0 spiro atoms. The van der Waals surface area contributed by atoms with E-state index >= 15 is 0 Å². The van der Waals surface area contributed by atoms with Gasteiger partial charge in [-0.3, -0.25) is 0 Å². The predicted molar refractivity (Wildman–Crippen MR) is 103 cm³/mol. The van der Waals surface area contributed by atoms with Gasteiger partial charge in [-0.15, -0.1) is 17.1 Å². The predicted octanol–water partition coefficient (Wildman–Crippen LogP) is 1.72. The van der Waals surface area contributed by atoms with E-state index in [4.69, 9.17) is 21.7 Å². The Morgan fingerprint density at radius 2 is 2.12 bits per heavy atom. The van der Waals surface area contributed by atoms with Crippen LogP contribution in [0.25, 0.3) is 0 Å². The van der Waals surface area contributed by atoms with Crippen molar-refractivity contribution in [2.24, 2.45) is 0 Å². The van der Waals surface area contributed by atoms with Crippen molar-refractivity contribution in [1.29, 1.82) is 0 Å². The highest BCUT2D eigenvalue weighted by Gasteiger charge is 2.06. The minimum Gasteiger partial charge on any atom is -0.493 e. The van der Waals surface area contributed by atoms with Crippen LogP contribution in [0.2, 0.25) is 0 Å². The summed E-state index contributed by atoms with van der Waals surface area (Å²) in [5, 5.41) is 6.41. The van der Waals surface area contributed by atoms with E-state index in [1.165, 1.54) is 19.3 Å². The molecule has 132 valence electrons. The van der Waals surface area contributed by atoms with Crippen LogP contribution in [-0.4, -0.2) is 31.6 Å². The van der Waals surface area contributed by atoms with Gasteiger partial charge >= 0.3 is 0 Å². The molecular weight excluding hydrogens is 322 g/mol. The molecule has 6 heteroatoms. The zero-order valence-electron chi connectivity index (χ0n) is 14.6. The molecule has 0 saturated heterocycles. The highest BCUT2D eigenvalue weighted by atomic mass is 32.1. The van der Waals surface area contributed by atoms with Gasteiger partial charge in [0.05, 0.1) is 13.7 Å². The zero-order chi connectivity index (χ0) is 17.6. The molecule has 0 amide bonds. The third-order valence-electron chi connectivity index (χ3n) is 3.27. The van der Waals surface area contributed by atoms with Crippen molar-refractivity contribution in [3.63, 3.8) is 0 Å². The minimum absolute atomic E-state index is 0.505. The van der Waals surface area contributed by atoms with E-state index in [1.54, 1.807) is 19.4 Å². The van der Waals surface area contributed by atoms with E-state index in [2.05, 4.69) is 29.3 Å². The maximum Gasteiger partial charge on any atom is 0.224 e. The maximum absolute atomic E-state index is 5.80. The molecule has 5 nitrogen and oxygen atoms in total. The molecule has 1 aromatic carbocycles. The fourth-order valence-corrected chi connectivity index (χ4v) is 2.14. The summed E-state index contributed by atoms with van der Waals surface area (Å²) in [7, 11) is 1.64. The lowest BCUT2D eigenvalue weighted by Gasteiger charge is -2.10. The molecule has 0 heterocycles. The number of thiocarbonyl (C=S) groups is 1. The van der Waals surface area contributed by atoms with Crippen LogP contribution >= 0.6 is 12.2 Å². The van der Waals surface area contributed by atoms with E-state index in [9.17, 15) is 0 Å². The standard InChI is InChI=1S/C18H27N3O2S/c1-4-6-7-8-12-23-16-10-9-15(13-17(16)22-3)14-20-21-18(24)19-11-5-2/h5,9-10,13-14H,2,4,6-8,11-12H2,1,3H3,(H2,19,21,24)/p+1. The second-order valence-corrected chi connectivity index (χ2v) is 5.64. The molecule has 0 aliphatic carbocycles. The number of hydrogen-bond acceptors (Lipinski definition) is 3. The molecule has 1 rings (SSSR count). The monoisotopic (exact) mass is 350 g/mol. The molecule has 0 fully saturated rings. The van der Waals surface area contributed by atoms with Crippen molar-refractivity contribution in [3.8, 4) is 11.5 Å². The third kappa shape index (κ3) is 7.97. The summed E-state index contributed by atoms with van der Waals surface area (Å²) in [6.07, 6.45) is 8.27. The summed E-state index contributed by atoms with van der Waals surface area (Å²) < 4.78 is 11.2. The van der Waals surface area contributed by atoms with Crippen LogP contribution in [-0.2, 0) is 0 Å². The highest BCUT2D eigenvalue weighted by Crippen LogP contribution is 2.27. The van der Waals surface area contributed by atoms with Gasteiger partial charge in [0.2, 0.25) is 5.11 Å². The normalized spacial score (nSPS) is 10.4. The number of rotatable bonds is 11. The van der Waals surface area contributed by atoms with Gasteiger partial charge < -0.3 is 14.8 Å². The van der Waals surface area contributed by atoms with E-state index in [-0.39, 0.29) is 0 Å². The number of hydrazone groups is 1. The number of methoxy groups -OCH3 is 1. The Kier molecular flexibility index (Phi) is 10.3. The first-order valence-electron chi connectivity index (χ1n) is 8.25. The summed E-state index contributed by atoms with van der Waals surface area (Å²) in [5.41, 5.74) is 3.82. The van der Waals surface area contributed by atoms with Crippen molar-refractivity contribution < 1.29 is 14.6 Å². The van der Waals surface area contributed by atoms with Gasteiger partial charge in [0.25, 0.3) is 0 Å². The van der Waals surface area contributed by atoms with Gasteiger partial charge in [0.15, 0.2) is 17.7 Å². The summed E-state index contributed by atoms with van der Waals surface area (Å²) in [4.78, 5) is 0. The van der Waals surface area contributed by atoms with Gasteiger partial charge in [-0.05, 0) is 36.8 Å². The van der Waals surface area contributed by atoms with Crippen LogP contribution in [0.15, 0.2) is 30.9 Å². The lowest BCUT2D eigenvalue weighted by atomic mass is 10.2. The van der Waals surface area contributed by atoms with Crippen LogP contribution in [0.1, 0.15) is 38.2 Å². The Morgan fingerprint density at radius 1 is 1.29 bits per heavy atom. The van der Waals surface area contributed by atoms with E-state index in [1.807, 2.05) is 18.2 Å². The van der Waals surface area contributed by atoms with Gasteiger partial charge in [0, 0.05) is 12.1 Å². The quantitative estimate of drug-likeness (QED) is 0.187. The summed E-state index contributed by atoms with van der Waals surface area (Å²) in [6, 6.07) is 5.79. The molecule has 24 heavy (non-hydrogen) atoms. The third-order valence-corrected chi connectivity index (χ3v) is 3.52. The molecule has 0 atom stereocenters. The first-order valence-corrected chi connectivity index (χ1v) is 8.66. The Hall–Kier alpha value is -2.08. The fourth-order valence-electron chi connectivity index (χ4n) is 2.00. The lowest BCUT2D eigenvalue weighted by molar-refractivity contribution is -0.500. The van der Waals surface area contributed by atoms with Gasteiger partial charge in [-0.25, -0.2) is 0 Å². The Labute approximate surface area is 150 Å². The summed E-state index contributed by atoms with van der Waals surface area (Å²) >= 11 is 5.09. The number of hydrazine groups is 1. The fraction of sp³-hybridized carbons (Fsp3) is 0.444. The molecule has 3 N–H and O–H groups in total. The van der Waals surface area contributed by atoms with Gasteiger partial charge in [-0.2, -0.15) is 0 Å². The largest absolute Gasteiger partial charge is 0.493 e.